The summed E-state index contributed by atoms with van der Waals surface area (Å²) in [6, 6.07) is 6.82. The van der Waals surface area contributed by atoms with Gasteiger partial charge in [-0.25, -0.2) is 4.39 Å². The monoisotopic (exact) mass is 290 g/mol. The number of phenolic OH excluding ortho intramolecular Hbond substituents is 1. The molecule has 0 aliphatic heterocycles. The van der Waals surface area contributed by atoms with Gasteiger partial charge < -0.3 is 5.11 Å². The fraction of sp³-hybridized carbons (Fsp3) is 0. The van der Waals surface area contributed by atoms with Crippen LogP contribution in [0.1, 0.15) is 0 Å². The maximum Gasteiger partial charge on any atom is 0.135 e. The van der Waals surface area contributed by atoms with E-state index in [2.05, 4.69) is 0 Å². The summed E-state index contributed by atoms with van der Waals surface area (Å²) in [5.74, 6) is -0.587. The molecule has 0 saturated heterocycles. The third-order valence-electron chi connectivity index (χ3n) is 2.21. The summed E-state index contributed by atoms with van der Waals surface area (Å²) in [6.07, 6.45) is 0. The minimum absolute atomic E-state index is 0.122. The largest absolute Gasteiger partial charge is 0.506 e. The minimum Gasteiger partial charge on any atom is -0.506 e. The lowest BCUT2D eigenvalue weighted by atomic mass is 10.1. The van der Waals surface area contributed by atoms with Crippen molar-refractivity contribution in [2.24, 2.45) is 0 Å². The van der Waals surface area contributed by atoms with Crippen molar-refractivity contribution in [1.82, 2.24) is 0 Å². The molecule has 0 bridgehead atoms. The zero-order valence-electron chi connectivity index (χ0n) is 8.35. The van der Waals surface area contributed by atoms with E-state index in [1.165, 1.54) is 24.3 Å². The van der Waals surface area contributed by atoms with Crippen molar-refractivity contribution in [3.05, 3.63) is 51.2 Å². The Bertz CT molecular complexity index is 564. The lowest BCUT2D eigenvalue weighted by Gasteiger charge is -2.07. The second-order valence-corrected chi connectivity index (χ2v) is 4.69. The number of benzene rings is 2. The van der Waals surface area contributed by atoms with E-state index >= 15 is 0 Å². The Kier molecular flexibility index (Phi) is 3.48. The predicted molar refractivity (Wildman–Crippen MR) is 68.5 cm³/mol. The van der Waals surface area contributed by atoms with Crippen LogP contribution in [0.3, 0.4) is 0 Å². The quantitative estimate of drug-likeness (QED) is 0.769. The van der Waals surface area contributed by atoms with Crippen LogP contribution in [0.25, 0.3) is 11.1 Å². The van der Waals surface area contributed by atoms with Gasteiger partial charge in [0, 0.05) is 16.7 Å². The van der Waals surface area contributed by atoms with E-state index in [0.717, 1.165) is 0 Å². The first-order valence-electron chi connectivity index (χ1n) is 4.62. The van der Waals surface area contributed by atoms with Crippen LogP contribution in [-0.2, 0) is 0 Å². The molecule has 0 fully saturated rings. The first kappa shape index (κ1) is 12.5. The van der Waals surface area contributed by atoms with Crippen molar-refractivity contribution in [3.63, 3.8) is 0 Å². The lowest BCUT2D eigenvalue weighted by Crippen LogP contribution is -1.83. The van der Waals surface area contributed by atoms with Crippen LogP contribution in [0.4, 0.5) is 4.39 Å². The summed E-state index contributed by atoms with van der Waals surface area (Å²) in [4.78, 5) is 0. The molecule has 2 aromatic carbocycles. The first-order valence-corrected chi connectivity index (χ1v) is 5.75. The van der Waals surface area contributed by atoms with Gasteiger partial charge in [0.05, 0.1) is 10.0 Å². The van der Waals surface area contributed by atoms with Gasteiger partial charge in [0.15, 0.2) is 0 Å². The zero-order valence-corrected chi connectivity index (χ0v) is 10.6. The molecule has 0 heterocycles. The van der Waals surface area contributed by atoms with Crippen molar-refractivity contribution in [1.29, 1.82) is 0 Å². The molecule has 0 aromatic heterocycles. The van der Waals surface area contributed by atoms with Crippen molar-refractivity contribution in [2.75, 3.05) is 0 Å². The standard InChI is InChI=1S/C12H6Cl3FO/c13-7-1-6(2-8(16)3-7)9-4-11(15)12(17)5-10(9)14/h1-5,17H. The van der Waals surface area contributed by atoms with Crippen molar-refractivity contribution in [2.45, 2.75) is 0 Å². The van der Waals surface area contributed by atoms with Crippen molar-refractivity contribution in [3.8, 4) is 16.9 Å². The Labute approximate surface area is 112 Å². The van der Waals surface area contributed by atoms with Gasteiger partial charge in [0.2, 0.25) is 0 Å². The number of phenols is 1. The topological polar surface area (TPSA) is 20.2 Å². The third kappa shape index (κ3) is 2.65. The summed E-state index contributed by atoms with van der Waals surface area (Å²) in [5, 5.41) is 10.0. The van der Waals surface area contributed by atoms with Crippen molar-refractivity contribution < 1.29 is 9.50 Å². The zero-order chi connectivity index (χ0) is 12.6. The molecule has 0 spiro atoms. The Morgan fingerprint density at radius 3 is 2.24 bits per heavy atom. The molecular formula is C12H6Cl3FO. The number of rotatable bonds is 1. The molecule has 2 aromatic rings. The number of hydrogen-bond donors (Lipinski definition) is 1. The molecule has 0 amide bonds. The molecule has 0 unspecified atom stereocenters. The highest BCUT2D eigenvalue weighted by Gasteiger charge is 2.10. The Hall–Kier alpha value is -0.960. The molecule has 2 rings (SSSR count). The SMILES string of the molecule is Oc1cc(Cl)c(-c2cc(F)cc(Cl)c2)cc1Cl. The normalized spacial score (nSPS) is 10.6. The average molecular weight is 292 g/mol. The van der Waals surface area contributed by atoms with Crippen LogP contribution in [0, 0.1) is 5.82 Å². The highest BCUT2D eigenvalue weighted by atomic mass is 35.5. The molecule has 0 saturated carbocycles. The van der Waals surface area contributed by atoms with Gasteiger partial charge in [-0.2, -0.15) is 0 Å². The average Bonchev–Trinajstić information content (AvgIpc) is 2.22. The van der Waals surface area contributed by atoms with Crippen LogP contribution in [-0.4, -0.2) is 5.11 Å². The fourth-order valence-electron chi connectivity index (χ4n) is 1.47. The molecule has 1 nitrogen and oxygen atoms in total. The van der Waals surface area contributed by atoms with Crippen LogP contribution in [0.5, 0.6) is 5.75 Å². The molecule has 1 N–H and O–H groups in total. The second kappa shape index (κ2) is 4.73. The van der Waals surface area contributed by atoms with E-state index in [4.69, 9.17) is 34.8 Å². The van der Waals surface area contributed by atoms with Gasteiger partial charge in [-0.1, -0.05) is 34.8 Å². The highest BCUT2D eigenvalue weighted by molar-refractivity contribution is 6.36. The minimum atomic E-state index is -0.465. The van der Waals surface area contributed by atoms with E-state index in [0.29, 0.717) is 11.1 Å². The summed E-state index contributed by atoms with van der Waals surface area (Å²) < 4.78 is 13.2. The highest BCUT2D eigenvalue weighted by Crippen LogP contribution is 2.37. The smallest absolute Gasteiger partial charge is 0.135 e. The van der Waals surface area contributed by atoms with E-state index in [9.17, 15) is 9.50 Å². The summed E-state index contributed by atoms with van der Waals surface area (Å²) in [7, 11) is 0. The maximum absolute atomic E-state index is 13.2. The van der Waals surface area contributed by atoms with Crippen LogP contribution >= 0.6 is 34.8 Å². The molecule has 0 radical (unpaired) electrons. The molecule has 0 atom stereocenters. The van der Waals surface area contributed by atoms with Gasteiger partial charge in [-0.3, -0.25) is 0 Å². The molecule has 5 heteroatoms. The van der Waals surface area contributed by atoms with E-state index < -0.39 is 5.82 Å². The molecular weight excluding hydrogens is 285 g/mol. The van der Waals surface area contributed by atoms with Crippen LogP contribution in [0.2, 0.25) is 15.1 Å². The number of hydrogen-bond acceptors (Lipinski definition) is 1. The van der Waals surface area contributed by atoms with Crippen molar-refractivity contribution >= 4 is 34.8 Å². The summed E-state index contributed by atoms with van der Waals surface area (Å²) in [6.45, 7) is 0. The van der Waals surface area contributed by atoms with Gasteiger partial charge in [0.1, 0.15) is 11.6 Å². The van der Waals surface area contributed by atoms with Crippen LogP contribution < -0.4 is 0 Å². The summed E-state index contributed by atoms with van der Waals surface area (Å²) >= 11 is 17.5. The predicted octanol–water partition coefficient (Wildman–Crippen LogP) is 5.16. The Morgan fingerprint density at radius 2 is 1.59 bits per heavy atom. The molecule has 88 valence electrons. The Morgan fingerprint density at radius 1 is 0.882 bits per heavy atom. The summed E-state index contributed by atoms with van der Waals surface area (Å²) in [5.41, 5.74) is 1.01. The van der Waals surface area contributed by atoms with E-state index in [1.807, 2.05) is 0 Å². The lowest BCUT2D eigenvalue weighted by molar-refractivity contribution is 0.475. The van der Waals surface area contributed by atoms with Gasteiger partial charge in [-0.15, -0.1) is 0 Å². The fourth-order valence-corrected chi connectivity index (χ4v) is 2.12. The third-order valence-corrected chi connectivity index (χ3v) is 3.04. The second-order valence-electron chi connectivity index (χ2n) is 3.44. The molecule has 0 aliphatic carbocycles. The molecule has 0 aliphatic rings. The maximum atomic E-state index is 13.2. The van der Waals surface area contributed by atoms with Gasteiger partial charge >= 0.3 is 0 Å². The van der Waals surface area contributed by atoms with Gasteiger partial charge in [-0.05, 0) is 29.8 Å². The van der Waals surface area contributed by atoms with E-state index in [-0.39, 0.29) is 20.8 Å². The first-order chi connectivity index (χ1) is 7.97. The van der Waals surface area contributed by atoms with Gasteiger partial charge in [0.25, 0.3) is 0 Å². The van der Waals surface area contributed by atoms with Crippen LogP contribution in [0.15, 0.2) is 30.3 Å². The Balaban J connectivity index is 2.64. The molecule has 17 heavy (non-hydrogen) atoms. The number of aromatic hydroxyl groups is 1. The number of halogens is 4. The van der Waals surface area contributed by atoms with E-state index in [1.54, 1.807) is 6.07 Å².